The second-order valence-electron chi connectivity index (χ2n) is 3.69. The maximum Gasteiger partial charge on any atom is 0.136 e. The Labute approximate surface area is 107 Å². The summed E-state index contributed by atoms with van der Waals surface area (Å²) in [7, 11) is 1.94. The van der Waals surface area contributed by atoms with Crippen LogP contribution in [0, 0.1) is 17.7 Å². The SMILES string of the molecule is CC#CCCC(CSc1ccccc1F)NC. The molecule has 1 unspecified atom stereocenters. The molecule has 0 radical (unpaired) electrons. The van der Waals surface area contributed by atoms with E-state index in [1.54, 1.807) is 17.8 Å². The molecule has 0 spiro atoms. The summed E-state index contributed by atoms with van der Waals surface area (Å²) in [5.74, 6) is 6.66. The highest BCUT2D eigenvalue weighted by molar-refractivity contribution is 7.99. The van der Waals surface area contributed by atoms with E-state index in [1.807, 2.05) is 26.1 Å². The molecule has 17 heavy (non-hydrogen) atoms. The van der Waals surface area contributed by atoms with Crippen molar-refractivity contribution in [1.82, 2.24) is 5.32 Å². The average molecular weight is 251 g/mol. The molecule has 0 saturated heterocycles. The minimum atomic E-state index is -0.138. The van der Waals surface area contributed by atoms with Gasteiger partial charge in [0.25, 0.3) is 0 Å². The molecule has 0 aliphatic heterocycles. The van der Waals surface area contributed by atoms with Crippen LogP contribution in [0.1, 0.15) is 19.8 Å². The molecule has 0 aliphatic carbocycles. The van der Waals surface area contributed by atoms with Crippen molar-refractivity contribution in [2.75, 3.05) is 12.8 Å². The monoisotopic (exact) mass is 251 g/mol. The Morgan fingerprint density at radius 2 is 2.18 bits per heavy atom. The van der Waals surface area contributed by atoms with Crippen molar-refractivity contribution < 1.29 is 4.39 Å². The molecule has 1 rings (SSSR count). The number of thioether (sulfide) groups is 1. The van der Waals surface area contributed by atoms with E-state index in [-0.39, 0.29) is 5.82 Å². The van der Waals surface area contributed by atoms with Gasteiger partial charge in [-0.15, -0.1) is 23.6 Å². The Bertz CT molecular complexity index is 395. The van der Waals surface area contributed by atoms with E-state index in [0.717, 1.165) is 18.6 Å². The Kier molecular flexibility index (Phi) is 6.76. The molecule has 0 aliphatic rings. The molecule has 0 bridgehead atoms. The molecule has 1 aromatic carbocycles. The van der Waals surface area contributed by atoms with Crippen LogP contribution in [0.2, 0.25) is 0 Å². The van der Waals surface area contributed by atoms with Gasteiger partial charge in [0, 0.05) is 23.1 Å². The molecular formula is C14H18FNS. The third kappa shape index (κ3) is 5.25. The molecule has 0 fully saturated rings. The van der Waals surface area contributed by atoms with Crippen LogP contribution >= 0.6 is 11.8 Å². The molecule has 0 saturated carbocycles. The highest BCUT2D eigenvalue weighted by Crippen LogP contribution is 2.22. The number of rotatable bonds is 6. The topological polar surface area (TPSA) is 12.0 Å². The lowest BCUT2D eigenvalue weighted by atomic mass is 10.2. The third-order valence-corrected chi connectivity index (χ3v) is 3.69. The lowest BCUT2D eigenvalue weighted by Gasteiger charge is -2.14. The zero-order chi connectivity index (χ0) is 12.5. The fraction of sp³-hybridized carbons (Fsp3) is 0.429. The lowest BCUT2D eigenvalue weighted by Crippen LogP contribution is -2.27. The first-order valence-electron chi connectivity index (χ1n) is 5.72. The molecular weight excluding hydrogens is 233 g/mol. The van der Waals surface area contributed by atoms with Gasteiger partial charge in [-0.3, -0.25) is 0 Å². The maximum atomic E-state index is 13.4. The Balaban J connectivity index is 2.41. The van der Waals surface area contributed by atoms with E-state index in [2.05, 4.69) is 17.2 Å². The number of nitrogens with one attached hydrogen (secondary N) is 1. The summed E-state index contributed by atoms with van der Waals surface area (Å²) in [4.78, 5) is 0.717. The normalized spacial score (nSPS) is 11.7. The number of halogens is 1. The van der Waals surface area contributed by atoms with Gasteiger partial charge in [0.05, 0.1) is 0 Å². The number of hydrogen-bond donors (Lipinski definition) is 1. The van der Waals surface area contributed by atoms with Crippen LogP contribution in [0.4, 0.5) is 4.39 Å². The van der Waals surface area contributed by atoms with E-state index >= 15 is 0 Å². The van der Waals surface area contributed by atoms with Crippen LogP contribution < -0.4 is 5.32 Å². The van der Waals surface area contributed by atoms with Gasteiger partial charge >= 0.3 is 0 Å². The third-order valence-electron chi connectivity index (χ3n) is 2.48. The first-order valence-corrected chi connectivity index (χ1v) is 6.70. The molecule has 1 N–H and O–H groups in total. The van der Waals surface area contributed by atoms with Gasteiger partial charge in [-0.2, -0.15) is 0 Å². The molecule has 0 heterocycles. The van der Waals surface area contributed by atoms with Crippen molar-refractivity contribution in [2.45, 2.75) is 30.7 Å². The summed E-state index contributed by atoms with van der Waals surface area (Å²) in [6.07, 6.45) is 1.89. The number of benzene rings is 1. The van der Waals surface area contributed by atoms with Crippen LogP contribution in [-0.4, -0.2) is 18.8 Å². The fourth-order valence-electron chi connectivity index (χ4n) is 1.43. The second-order valence-corrected chi connectivity index (χ2v) is 4.75. The predicted molar refractivity (Wildman–Crippen MR) is 72.7 cm³/mol. The Morgan fingerprint density at radius 3 is 2.82 bits per heavy atom. The minimum Gasteiger partial charge on any atom is -0.316 e. The minimum absolute atomic E-state index is 0.138. The Morgan fingerprint density at radius 1 is 1.41 bits per heavy atom. The largest absolute Gasteiger partial charge is 0.316 e. The van der Waals surface area contributed by atoms with Crippen LogP contribution in [0.5, 0.6) is 0 Å². The van der Waals surface area contributed by atoms with Crippen LogP contribution in [0.25, 0.3) is 0 Å². The quantitative estimate of drug-likeness (QED) is 0.615. The van der Waals surface area contributed by atoms with Gasteiger partial charge in [0.2, 0.25) is 0 Å². The average Bonchev–Trinajstić information content (AvgIpc) is 2.35. The van der Waals surface area contributed by atoms with Crippen molar-refractivity contribution in [1.29, 1.82) is 0 Å². The van der Waals surface area contributed by atoms with E-state index < -0.39 is 0 Å². The number of hydrogen-bond acceptors (Lipinski definition) is 2. The zero-order valence-corrected chi connectivity index (χ0v) is 11.1. The van der Waals surface area contributed by atoms with Crippen molar-refractivity contribution in [3.05, 3.63) is 30.1 Å². The summed E-state index contributed by atoms with van der Waals surface area (Å²) >= 11 is 1.55. The van der Waals surface area contributed by atoms with Gasteiger partial charge < -0.3 is 5.32 Å². The molecule has 1 aromatic rings. The van der Waals surface area contributed by atoms with Crippen molar-refractivity contribution in [3.8, 4) is 11.8 Å². The molecule has 0 aromatic heterocycles. The highest BCUT2D eigenvalue weighted by atomic mass is 32.2. The van der Waals surface area contributed by atoms with Gasteiger partial charge in [-0.05, 0) is 32.5 Å². The van der Waals surface area contributed by atoms with Crippen LogP contribution in [0.15, 0.2) is 29.2 Å². The summed E-state index contributed by atoms with van der Waals surface area (Å²) in [5, 5.41) is 3.24. The summed E-state index contributed by atoms with van der Waals surface area (Å²) in [6, 6.07) is 7.27. The molecule has 1 nitrogen and oxygen atoms in total. The fourth-order valence-corrected chi connectivity index (χ4v) is 2.53. The lowest BCUT2D eigenvalue weighted by molar-refractivity contribution is 0.579. The van der Waals surface area contributed by atoms with Gasteiger partial charge in [-0.1, -0.05) is 12.1 Å². The summed E-state index contributed by atoms with van der Waals surface area (Å²) in [6.45, 7) is 1.85. The highest BCUT2D eigenvalue weighted by Gasteiger charge is 2.08. The van der Waals surface area contributed by atoms with Gasteiger partial charge in [-0.25, -0.2) is 4.39 Å². The van der Waals surface area contributed by atoms with Gasteiger partial charge in [0.15, 0.2) is 0 Å². The van der Waals surface area contributed by atoms with E-state index in [0.29, 0.717) is 10.9 Å². The maximum absolute atomic E-state index is 13.4. The van der Waals surface area contributed by atoms with E-state index in [9.17, 15) is 4.39 Å². The molecule has 0 amide bonds. The first-order chi connectivity index (χ1) is 8.27. The molecule has 92 valence electrons. The van der Waals surface area contributed by atoms with E-state index in [4.69, 9.17) is 0 Å². The van der Waals surface area contributed by atoms with Gasteiger partial charge in [0.1, 0.15) is 5.82 Å². The molecule has 1 atom stereocenters. The molecule has 3 heteroatoms. The van der Waals surface area contributed by atoms with Crippen LogP contribution in [-0.2, 0) is 0 Å². The van der Waals surface area contributed by atoms with Crippen molar-refractivity contribution in [3.63, 3.8) is 0 Å². The summed E-state index contributed by atoms with van der Waals surface area (Å²) in [5.41, 5.74) is 0. The van der Waals surface area contributed by atoms with Crippen molar-refractivity contribution in [2.24, 2.45) is 0 Å². The predicted octanol–water partition coefficient (Wildman–Crippen LogP) is 3.31. The zero-order valence-electron chi connectivity index (χ0n) is 10.3. The standard InChI is InChI=1S/C14H18FNS/c1-3-4-5-8-12(16-2)11-17-14-10-7-6-9-13(14)15/h6-7,9-10,12,16H,5,8,11H2,1-2H3. The van der Waals surface area contributed by atoms with E-state index in [1.165, 1.54) is 6.07 Å². The van der Waals surface area contributed by atoms with Crippen LogP contribution in [0.3, 0.4) is 0 Å². The van der Waals surface area contributed by atoms with Crippen molar-refractivity contribution >= 4 is 11.8 Å². The Hall–Kier alpha value is -0.980. The first kappa shape index (κ1) is 14.1. The summed E-state index contributed by atoms with van der Waals surface area (Å²) < 4.78 is 13.4. The second kappa shape index (κ2) is 8.16. The smallest absolute Gasteiger partial charge is 0.136 e.